The van der Waals surface area contributed by atoms with Crippen LogP contribution in [0.4, 0.5) is 0 Å². The third kappa shape index (κ3) is 5.24. The average Bonchev–Trinajstić information content (AvgIpc) is 3.01. The number of benzene rings is 6. The lowest BCUT2D eigenvalue weighted by Gasteiger charge is -2.12. The summed E-state index contributed by atoms with van der Waals surface area (Å²) in [6.45, 7) is 0. The Balaban J connectivity index is 1.29. The first kappa shape index (κ1) is 24.8. The zero-order valence-electron chi connectivity index (χ0n) is 21.5. The standard InChI is InChI=1S/C36H24O4/c37-35(26-17-21-30(22-18-26)39-28-11-3-1-4-12-28)32-15-7-9-25-10-8-16-33(34(25)32)36(38)27-19-23-31(24-20-27)40-29-13-5-2-6-14-29/h1-24H. The minimum Gasteiger partial charge on any atom is -0.457 e. The normalized spacial score (nSPS) is 10.7. The van der Waals surface area contributed by atoms with Gasteiger partial charge in [-0.05, 0) is 78.2 Å². The molecule has 0 saturated heterocycles. The molecule has 6 aromatic carbocycles. The van der Waals surface area contributed by atoms with Crippen LogP contribution in [0.1, 0.15) is 31.8 Å². The van der Waals surface area contributed by atoms with Crippen LogP contribution in [-0.4, -0.2) is 11.6 Å². The molecule has 0 fully saturated rings. The molecule has 0 spiro atoms. The molecule has 0 saturated carbocycles. The number of rotatable bonds is 8. The Morgan fingerprint density at radius 3 is 1.15 bits per heavy atom. The number of hydrogen-bond acceptors (Lipinski definition) is 4. The topological polar surface area (TPSA) is 52.6 Å². The molecule has 0 aliphatic carbocycles. The van der Waals surface area contributed by atoms with E-state index in [4.69, 9.17) is 9.47 Å². The van der Waals surface area contributed by atoms with E-state index in [2.05, 4.69) is 0 Å². The monoisotopic (exact) mass is 520 g/mol. The molecular weight excluding hydrogens is 496 g/mol. The Morgan fingerprint density at radius 1 is 0.375 bits per heavy atom. The van der Waals surface area contributed by atoms with Crippen LogP contribution >= 0.6 is 0 Å². The lowest BCUT2D eigenvalue weighted by molar-refractivity contribution is 0.103. The van der Waals surface area contributed by atoms with E-state index in [0.29, 0.717) is 39.1 Å². The Hall–Kier alpha value is -5.48. The Bertz CT molecular complexity index is 1660. The van der Waals surface area contributed by atoms with Crippen LogP contribution in [-0.2, 0) is 0 Å². The van der Waals surface area contributed by atoms with Gasteiger partial charge in [-0.25, -0.2) is 0 Å². The molecule has 6 aromatic rings. The molecule has 0 bridgehead atoms. The molecule has 4 nitrogen and oxygen atoms in total. The molecule has 0 radical (unpaired) electrons. The van der Waals surface area contributed by atoms with Crippen molar-refractivity contribution in [2.75, 3.05) is 0 Å². The van der Waals surface area contributed by atoms with E-state index in [-0.39, 0.29) is 11.6 Å². The van der Waals surface area contributed by atoms with Crippen molar-refractivity contribution in [3.8, 4) is 23.0 Å². The number of carbonyl (C=O) groups excluding carboxylic acids is 2. The fraction of sp³-hybridized carbons (Fsp3) is 0. The van der Waals surface area contributed by atoms with Crippen molar-refractivity contribution in [1.29, 1.82) is 0 Å². The predicted molar refractivity (Wildman–Crippen MR) is 157 cm³/mol. The summed E-state index contributed by atoms with van der Waals surface area (Å²) in [6.07, 6.45) is 0. The summed E-state index contributed by atoms with van der Waals surface area (Å²) in [6, 6.07) is 44.1. The highest BCUT2D eigenvalue weighted by Gasteiger charge is 2.19. The fourth-order valence-corrected chi connectivity index (χ4v) is 4.63. The molecule has 0 heterocycles. The smallest absolute Gasteiger partial charge is 0.193 e. The van der Waals surface area contributed by atoms with E-state index in [1.807, 2.05) is 84.9 Å². The molecule has 192 valence electrons. The van der Waals surface area contributed by atoms with Gasteiger partial charge in [0.1, 0.15) is 23.0 Å². The first-order chi connectivity index (χ1) is 19.7. The molecule has 6 rings (SSSR count). The van der Waals surface area contributed by atoms with E-state index in [1.54, 1.807) is 60.7 Å². The van der Waals surface area contributed by atoms with Crippen LogP contribution in [0.2, 0.25) is 0 Å². The highest BCUT2D eigenvalue weighted by atomic mass is 16.5. The second kappa shape index (κ2) is 11.1. The van der Waals surface area contributed by atoms with Gasteiger partial charge >= 0.3 is 0 Å². The molecule has 0 amide bonds. The molecule has 0 aliphatic rings. The summed E-state index contributed by atoms with van der Waals surface area (Å²) in [4.78, 5) is 27.4. The van der Waals surface area contributed by atoms with E-state index in [0.717, 1.165) is 16.9 Å². The van der Waals surface area contributed by atoms with Crippen LogP contribution < -0.4 is 9.47 Å². The van der Waals surface area contributed by atoms with E-state index in [9.17, 15) is 9.59 Å². The maximum atomic E-state index is 13.7. The van der Waals surface area contributed by atoms with E-state index < -0.39 is 0 Å². The molecule has 40 heavy (non-hydrogen) atoms. The first-order valence-electron chi connectivity index (χ1n) is 12.9. The summed E-state index contributed by atoms with van der Waals surface area (Å²) < 4.78 is 11.7. The zero-order chi connectivity index (χ0) is 27.3. The van der Waals surface area contributed by atoms with Gasteiger partial charge in [0.05, 0.1) is 0 Å². The zero-order valence-corrected chi connectivity index (χ0v) is 21.5. The van der Waals surface area contributed by atoms with Gasteiger partial charge in [-0.1, -0.05) is 72.8 Å². The van der Waals surface area contributed by atoms with Crippen molar-refractivity contribution in [2.45, 2.75) is 0 Å². The second-order valence-electron chi connectivity index (χ2n) is 9.25. The Labute approximate surface area is 232 Å². The van der Waals surface area contributed by atoms with Gasteiger partial charge in [-0.15, -0.1) is 0 Å². The number of hydrogen-bond donors (Lipinski definition) is 0. The minimum atomic E-state index is -0.163. The third-order valence-corrected chi connectivity index (χ3v) is 6.58. The molecule has 0 unspecified atom stereocenters. The third-order valence-electron chi connectivity index (χ3n) is 6.58. The van der Waals surface area contributed by atoms with Gasteiger partial charge in [0, 0.05) is 27.6 Å². The fourth-order valence-electron chi connectivity index (χ4n) is 4.63. The highest BCUT2D eigenvalue weighted by molar-refractivity contribution is 6.23. The van der Waals surface area contributed by atoms with Crippen molar-refractivity contribution < 1.29 is 19.1 Å². The van der Waals surface area contributed by atoms with Gasteiger partial charge in [0.15, 0.2) is 11.6 Å². The van der Waals surface area contributed by atoms with E-state index >= 15 is 0 Å². The summed E-state index contributed by atoms with van der Waals surface area (Å²) in [5.41, 5.74) is 1.97. The van der Waals surface area contributed by atoms with Crippen molar-refractivity contribution in [3.63, 3.8) is 0 Å². The van der Waals surface area contributed by atoms with Gasteiger partial charge in [0.25, 0.3) is 0 Å². The molecular formula is C36H24O4. The van der Waals surface area contributed by atoms with E-state index in [1.165, 1.54) is 0 Å². The Morgan fingerprint density at radius 2 is 0.750 bits per heavy atom. The van der Waals surface area contributed by atoms with Gasteiger partial charge in [-0.3, -0.25) is 9.59 Å². The summed E-state index contributed by atoms with van der Waals surface area (Å²) in [7, 11) is 0. The molecule has 0 aromatic heterocycles. The number of fused-ring (bicyclic) bond motifs is 1. The van der Waals surface area contributed by atoms with Gasteiger partial charge in [0.2, 0.25) is 0 Å². The SMILES string of the molecule is O=C(c1ccc(Oc2ccccc2)cc1)c1cccc2cccc(C(=O)c3ccc(Oc4ccccc4)cc3)c12. The lowest BCUT2D eigenvalue weighted by Crippen LogP contribution is -2.07. The predicted octanol–water partition coefficient (Wildman–Crippen LogP) is 8.89. The van der Waals surface area contributed by atoms with Crippen LogP contribution in [0, 0.1) is 0 Å². The first-order valence-corrected chi connectivity index (χ1v) is 12.9. The highest BCUT2D eigenvalue weighted by Crippen LogP contribution is 2.29. The largest absolute Gasteiger partial charge is 0.457 e. The number of carbonyl (C=O) groups is 2. The Kier molecular flexibility index (Phi) is 6.89. The minimum absolute atomic E-state index is 0.163. The van der Waals surface area contributed by atoms with Crippen LogP contribution in [0.5, 0.6) is 23.0 Å². The number of ether oxygens (including phenoxy) is 2. The second-order valence-corrected chi connectivity index (χ2v) is 9.25. The number of ketones is 2. The van der Waals surface area contributed by atoms with Gasteiger partial charge < -0.3 is 9.47 Å². The molecule has 4 heteroatoms. The maximum Gasteiger partial charge on any atom is 0.193 e. The average molecular weight is 521 g/mol. The van der Waals surface area contributed by atoms with Crippen LogP contribution in [0.25, 0.3) is 10.8 Å². The van der Waals surface area contributed by atoms with Crippen molar-refractivity contribution >= 4 is 22.3 Å². The van der Waals surface area contributed by atoms with Crippen molar-refractivity contribution in [2.24, 2.45) is 0 Å². The van der Waals surface area contributed by atoms with Crippen molar-refractivity contribution in [1.82, 2.24) is 0 Å². The van der Waals surface area contributed by atoms with Crippen LogP contribution in [0.15, 0.2) is 146 Å². The summed E-state index contributed by atoms with van der Waals surface area (Å²) in [5, 5.41) is 1.46. The summed E-state index contributed by atoms with van der Waals surface area (Å²) >= 11 is 0. The van der Waals surface area contributed by atoms with Crippen molar-refractivity contribution in [3.05, 3.63) is 168 Å². The summed E-state index contributed by atoms with van der Waals surface area (Å²) in [5.74, 6) is 2.39. The maximum absolute atomic E-state index is 13.7. The van der Waals surface area contributed by atoms with Crippen LogP contribution in [0.3, 0.4) is 0 Å². The number of para-hydroxylation sites is 2. The molecule has 0 atom stereocenters. The molecule has 0 aliphatic heterocycles. The van der Waals surface area contributed by atoms with Gasteiger partial charge in [-0.2, -0.15) is 0 Å². The lowest BCUT2D eigenvalue weighted by atomic mass is 9.91. The quantitative estimate of drug-likeness (QED) is 0.188. The molecule has 0 N–H and O–H groups in total.